The van der Waals surface area contributed by atoms with Crippen LogP contribution in [0.25, 0.3) is 5.70 Å². The molecule has 17 heavy (non-hydrogen) atoms. The summed E-state index contributed by atoms with van der Waals surface area (Å²) < 4.78 is 4.72. The quantitative estimate of drug-likeness (QED) is 0.590. The third-order valence-corrected chi connectivity index (χ3v) is 2.97. The van der Waals surface area contributed by atoms with Gasteiger partial charge in [0.05, 0.1) is 12.8 Å². The predicted octanol–water partition coefficient (Wildman–Crippen LogP) is 2.30. The lowest BCUT2D eigenvalue weighted by Crippen LogP contribution is -2.18. The van der Waals surface area contributed by atoms with E-state index in [4.69, 9.17) is 4.74 Å². The molecular weight excluding hydrogens is 214 g/mol. The molecule has 0 N–H and O–H groups in total. The van der Waals surface area contributed by atoms with E-state index in [1.807, 2.05) is 30.3 Å². The molecule has 0 radical (unpaired) electrons. The summed E-state index contributed by atoms with van der Waals surface area (Å²) in [5, 5.41) is 0. The van der Waals surface area contributed by atoms with Crippen LogP contribution in [0.4, 0.5) is 0 Å². The maximum Gasteiger partial charge on any atom is 0.332 e. The number of methoxy groups -OCH3 is 1. The molecule has 0 bridgehead atoms. The van der Waals surface area contributed by atoms with E-state index in [0.29, 0.717) is 0 Å². The van der Waals surface area contributed by atoms with E-state index in [9.17, 15) is 4.79 Å². The van der Waals surface area contributed by atoms with Gasteiger partial charge in [0.1, 0.15) is 0 Å². The fourth-order valence-corrected chi connectivity index (χ4v) is 2.09. The highest BCUT2D eigenvalue weighted by molar-refractivity contribution is 5.90. The van der Waals surface area contributed by atoms with Gasteiger partial charge >= 0.3 is 5.97 Å². The zero-order chi connectivity index (χ0) is 12.1. The van der Waals surface area contributed by atoms with E-state index in [2.05, 4.69) is 4.90 Å². The highest BCUT2D eigenvalue weighted by atomic mass is 16.5. The molecule has 3 nitrogen and oxygen atoms in total. The van der Waals surface area contributed by atoms with Gasteiger partial charge < -0.3 is 9.64 Å². The number of likely N-dealkylation sites (tertiary alicyclic amines) is 1. The number of hydrogen-bond donors (Lipinski definition) is 0. The largest absolute Gasteiger partial charge is 0.466 e. The average Bonchev–Trinajstić information content (AvgIpc) is 2.90. The maximum absolute atomic E-state index is 11.4. The molecule has 0 aromatic heterocycles. The van der Waals surface area contributed by atoms with Crippen LogP contribution in [-0.2, 0) is 9.53 Å². The standard InChI is InChI=1S/C14H17NO2/c1-17-14(16)11-13(15-9-5-6-10-15)12-7-3-2-4-8-12/h2-4,7-8,11H,5-6,9-10H2,1H3/b13-11-. The molecule has 1 heterocycles. The number of carbonyl (C=O) groups excluding carboxylic acids is 1. The number of benzene rings is 1. The minimum absolute atomic E-state index is 0.296. The Morgan fingerprint density at radius 3 is 2.47 bits per heavy atom. The SMILES string of the molecule is COC(=O)/C=C(/c1ccccc1)N1CCCC1. The summed E-state index contributed by atoms with van der Waals surface area (Å²) in [4.78, 5) is 13.7. The van der Waals surface area contributed by atoms with Crippen LogP contribution < -0.4 is 0 Å². The van der Waals surface area contributed by atoms with Gasteiger partial charge in [-0.15, -0.1) is 0 Å². The van der Waals surface area contributed by atoms with Crippen LogP contribution in [0, 0.1) is 0 Å². The van der Waals surface area contributed by atoms with Gasteiger partial charge in [-0.3, -0.25) is 0 Å². The van der Waals surface area contributed by atoms with Crippen LogP contribution in [0.1, 0.15) is 18.4 Å². The molecule has 0 amide bonds. The van der Waals surface area contributed by atoms with Crippen LogP contribution >= 0.6 is 0 Å². The number of esters is 1. The van der Waals surface area contributed by atoms with Gasteiger partial charge in [-0.05, 0) is 18.4 Å². The lowest BCUT2D eigenvalue weighted by molar-refractivity contribution is -0.134. The Labute approximate surface area is 102 Å². The Balaban J connectivity index is 2.30. The van der Waals surface area contributed by atoms with Gasteiger partial charge in [-0.1, -0.05) is 30.3 Å². The van der Waals surface area contributed by atoms with Crippen molar-refractivity contribution >= 4 is 11.7 Å². The molecule has 1 aromatic carbocycles. The molecule has 1 saturated heterocycles. The van der Waals surface area contributed by atoms with Crippen molar-refractivity contribution in [3.05, 3.63) is 42.0 Å². The lowest BCUT2D eigenvalue weighted by Gasteiger charge is -2.21. The van der Waals surface area contributed by atoms with Gasteiger partial charge in [-0.25, -0.2) is 4.79 Å². The van der Waals surface area contributed by atoms with Crippen LogP contribution in [0.15, 0.2) is 36.4 Å². The molecule has 1 aromatic rings. The summed E-state index contributed by atoms with van der Waals surface area (Å²) in [7, 11) is 1.41. The topological polar surface area (TPSA) is 29.5 Å². The molecular formula is C14H17NO2. The second kappa shape index (κ2) is 5.53. The Morgan fingerprint density at radius 1 is 1.24 bits per heavy atom. The van der Waals surface area contributed by atoms with Gasteiger partial charge in [0, 0.05) is 19.2 Å². The maximum atomic E-state index is 11.4. The van der Waals surface area contributed by atoms with Gasteiger partial charge in [0.15, 0.2) is 0 Å². The molecule has 0 aliphatic carbocycles. The van der Waals surface area contributed by atoms with E-state index in [1.165, 1.54) is 20.0 Å². The molecule has 1 aliphatic heterocycles. The van der Waals surface area contributed by atoms with Crippen LogP contribution in [0.5, 0.6) is 0 Å². The number of rotatable bonds is 3. The van der Waals surface area contributed by atoms with Crippen molar-refractivity contribution in [2.24, 2.45) is 0 Å². The zero-order valence-electron chi connectivity index (χ0n) is 10.1. The third-order valence-electron chi connectivity index (χ3n) is 2.97. The molecule has 1 aliphatic rings. The number of hydrogen-bond acceptors (Lipinski definition) is 3. The monoisotopic (exact) mass is 231 g/mol. The summed E-state index contributed by atoms with van der Waals surface area (Å²) in [6.45, 7) is 2.02. The molecule has 2 rings (SSSR count). The minimum Gasteiger partial charge on any atom is -0.466 e. The van der Waals surface area contributed by atoms with Gasteiger partial charge in [0.2, 0.25) is 0 Å². The first kappa shape index (κ1) is 11.7. The summed E-state index contributed by atoms with van der Waals surface area (Å²) in [6.07, 6.45) is 3.96. The highest BCUT2D eigenvalue weighted by Gasteiger charge is 2.17. The van der Waals surface area contributed by atoms with Crippen molar-refractivity contribution in [3.63, 3.8) is 0 Å². The van der Waals surface area contributed by atoms with Gasteiger partial charge in [-0.2, -0.15) is 0 Å². The third kappa shape index (κ3) is 2.87. The normalized spacial score (nSPS) is 16.1. The van der Waals surface area contributed by atoms with Crippen molar-refractivity contribution in [1.82, 2.24) is 4.90 Å². The van der Waals surface area contributed by atoms with Crippen LogP contribution in [0.3, 0.4) is 0 Å². The molecule has 1 fully saturated rings. The van der Waals surface area contributed by atoms with E-state index in [0.717, 1.165) is 24.4 Å². The zero-order valence-corrected chi connectivity index (χ0v) is 10.1. The van der Waals surface area contributed by atoms with Gasteiger partial charge in [0.25, 0.3) is 0 Å². The lowest BCUT2D eigenvalue weighted by atomic mass is 10.1. The molecule has 0 atom stereocenters. The predicted molar refractivity (Wildman–Crippen MR) is 67.2 cm³/mol. The second-order valence-corrected chi connectivity index (χ2v) is 4.11. The van der Waals surface area contributed by atoms with E-state index in [-0.39, 0.29) is 5.97 Å². The highest BCUT2D eigenvalue weighted by Crippen LogP contribution is 2.23. The van der Waals surface area contributed by atoms with E-state index < -0.39 is 0 Å². The van der Waals surface area contributed by atoms with Crippen molar-refractivity contribution in [1.29, 1.82) is 0 Å². The fourth-order valence-electron chi connectivity index (χ4n) is 2.09. The summed E-state index contributed by atoms with van der Waals surface area (Å²) >= 11 is 0. The number of carbonyl (C=O) groups is 1. The molecule has 90 valence electrons. The Morgan fingerprint density at radius 2 is 1.88 bits per heavy atom. The van der Waals surface area contributed by atoms with Crippen molar-refractivity contribution in [2.45, 2.75) is 12.8 Å². The fraction of sp³-hybridized carbons (Fsp3) is 0.357. The summed E-state index contributed by atoms with van der Waals surface area (Å²) in [5.41, 5.74) is 2.04. The van der Waals surface area contributed by atoms with E-state index >= 15 is 0 Å². The molecule has 0 spiro atoms. The first-order chi connectivity index (χ1) is 8.31. The molecule has 0 saturated carbocycles. The Bertz CT molecular complexity index is 405. The van der Waals surface area contributed by atoms with Crippen molar-refractivity contribution in [3.8, 4) is 0 Å². The number of ether oxygens (including phenoxy) is 1. The van der Waals surface area contributed by atoms with Crippen molar-refractivity contribution < 1.29 is 9.53 Å². The number of nitrogens with zero attached hydrogens (tertiary/aromatic N) is 1. The summed E-state index contributed by atoms with van der Waals surface area (Å²) in [5.74, 6) is -0.296. The minimum atomic E-state index is -0.296. The van der Waals surface area contributed by atoms with E-state index in [1.54, 1.807) is 6.08 Å². The molecule has 0 unspecified atom stereocenters. The average molecular weight is 231 g/mol. The second-order valence-electron chi connectivity index (χ2n) is 4.11. The first-order valence-electron chi connectivity index (χ1n) is 5.91. The summed E-state index contributed by atoms with van der Waals surface area (Å²) in [6, 6.07) is 9.98. The Kier molecular flexibility index (Phi) is 3.81. The van der Waals surface area contributed by atoms with Crippen LogP contribution in [0.2, 0.25) is 0 Å². The molecule has 3 heteroatoms. The first-order valence-corrected chi connectivity index (χ1v) is 5.91. The van der Waals surface area contributed by atoms with Crippen LogP contribution in [-0.4, -0.2) is 31.1 Å². The smallest absolute Gasteiger partial charge is 0.332 e. The Hall–Kier alpha value is -1.77. The van der Waals surface area contributed by atoms with Crippen molar-refractivity contribution in [2.75, 3.05) is 20.2 Å².